The van der Waals surface area contributed by atoms with Crippen molar-refractivity contribution in [1.82, 2.24) is 0 Å². The van der Waals surface area contributed by atoms with E-state index in [4.69, 9.17) is 10.6 Å². The minimum atomic E-state index is 0.481. The largest absolute Gasteiger partial charge is 0.381 e. The Hall–Kier alpha value is -0.570. The molecule has 0 spiro atoms. The van der Waals surface area contributed by atoms with Gasteiger partial charge in [-0.15, -0.1) is 0 Å². The Morgan fingerprint density at radius 3 is 3.00 bits per heavy atom. The van der Waals surface area contributed by atoms with Crippen LogP contribution in [0.15, 0.2) is 5.10 Å². The van der Waals surface area contributed by atoms with E-state index in [9.17, 15) is 0 Å². The summed E-state index contributed by atoms with van der Waals surface area (Å²) in [4.78, 5) is 0. The van der Waals surface area contributed by atoms with E-state index in [1.165, 1.54) is 0 Å². The van der Waals surface area contributed by atoms with Crippen LogP contribution >= 0.6 is 0 Å². The van der Waals surface area contributed by atoms with Gasteiger partial charge in [-0.3, -0.25) is 0 Å². The summed E-state index contributed by atoms with van der Waals surface area (Å²) >= 11 is 0. The van der Waals surface area contributed by atoms with Crippen molar-refractivity contribution in [3.05, 3.63) is 0 Å². The molecule has 52 valence electrons. The van der Waals surface area contributed by atoms with Gasteiger partial charge in [0, 0.05) is 18.2 Å². The van der Waals surface area contributed by atoms with Crippen LogP contribution in [0.4, 0.5) is 0 Å². The zero-order chi connectivity index (χ0) is 6.69. The Kier molecular flexibility index (Phi) is 2.05. The van der Waals surface area contributed by atoms with Crippen LogP contribution in [0.1, 0.15) is 13.3 Å². The lowest BCUT2D eigenvalue weighted by Crippen LogP contribution is -2.12. The highest BCUT2D eigenvalue weighted by Crippen LogP contribution is 2.13. The van der Waals surface area contributed by atoms with Crippen molar-refractivity contribution in [3.8, 4) is 0 Å². The van der Waals surface area contributed by atoms with E-state index >= 15 is 0 Å². The van der Waals surface area contributed by atoms with Crippen molar-refractivity contribution >= 4 is 5.71 Å². The molecular weight excluding hydrogens is 116 g/mol. The zero-order valence-corrected chi connectivity index (χ0v) is 5.63. The highest BCUT2D eigenvalue weighted by Gasteiger charge is 2.17. The average Bonchev–Trinajstić information content (AvgIpc) is 2.37. The van der Waals surface area contributed by atoms with Gasteiger partial charge in [-0.05, 0) is 13.3 Å². The average molecular weight is 128 g/mol. The van der Waals surface area contributed by atoms with E-state index in [0.29, 0.717) is 5.92 Å². The first kappa shape index (κ1) is 6.55. The Balaban J connectivity index is 2.42. The van der Waals surface area contributed by atoms with Crippen LogP contribution in [-0.4, -0.2) is 18.9 Å². The van der Waals surface area contributed by atoms with Gasteiger partial charge in [0.05, 0.1) is 6.61 Å². The third-order valence-corrected chi connectivity index (χ3v) is 1.72. The molecule has 0 radical (unpaired) electrons. The number of nitrogens with zero attached hydrogens (tertiary/aromatic N) is 1. The molecule has 0 saturated carbocycles. The van der Waals surface area contributed by atoms with Crippen molar-refractivity contribution in [2.45, 2.75) is 13.3 Å². The molecule has 0 aromatic rings. The molecule has 1 heterocycles. The maximum Gasteiger partial charge on any atom is 0.0548 e. The second-order valence-corrected chi connectivity index (χ2v) is 2.33. The van der Waals surface area contributed by atoms with Crippen LogP contribution in [0.25, 0.3) is 0 Å². The third kappa shape index (κ3) is 1.42. The summed E-state index contributed by atoms with van der Waals surface area (Å²) in [5.74, 6) is 5.57. The van der Waals surface area contributed by atoms with Crippen LogP contribution < -0.4 is 5.84 Å². The molecule has 1 aliphatic heterocycles. The van der Waals surface area contributed by atoms with Gasteiger partial charge >= 0.3 is 0 Å². The summed E-state index contributed by atoms with van der Waals surface area (Å²) in [7, 11) is 0. The lowest BCUT2D eigenvalue weighted by molar-refractivity contribution is 0.193. The van der Waals surface area contributed by atoms with Gasteiger partial charge in [-0.2, -0.15) is 5.10 Å². The standard InChI is InChI=1S/C6H12N2O/c1-5(8-7)6-2-3-9-4-6/h6H,2-4,7H2,1H3/b8-5+. The Morgan fingerprint density at radius 1 is 1.78 bits per heavy atom. The van der Waals surface area contributed by atoms with Crippen LogP contribution in [0.5, 0.6) is 0 Å². The number of hydrogen-bond donors (Lipinski definition) is 1. The number of ether oxygens (including phenoxy) is 1. The first-order valence-corrected chi connectivity index (χ1v) is 3.16. The van der Waals surface area contributed by atoms with Crippen LogP contribution in [-0.2, 0) is 4.74 Å². The number of nitrogens with two attached hydrogens (primary N) is 1. The number of rotatable bonds is 1. The summed E-state index contributed by atoms with van der Waals surface area (Å²) in [6.07, 6.45) is 1.08. The van der Waals surface area contributed by atoms with Crippen molar-refractivity contribution in [3.63, 3.8) is 0 Å². The first-order chi connectivity index (χ1) is 4.34. The van der Waals surface area contributed by atoms with Gasteiger partial charge in [-0.25, -0.2) is 0 Å². The molecule has 0 aliphatic carbocycles. The second-order valence-electron chi connectivity index (χ2n) is 2.33. The van der Waals surface area contributed by atoms with E-state index < -0.39 is 0 Å². The molecule has 0 amide bonds. The summed E-state index contributed by atoms with van der Waals surface area (Å²) in [5.41, 5.74) is 1.01. The molecule has 9 heavy (non-hydrogen) atoms. The van der Waals surface area contributed by atoms with Gasteiger partial charge in [0.1, 0.15) is 0 Å². The molecule has 3 heteroatoms. The van der Waals surface area contributed by atoms with Crippen molar-refractivity contribution in [2.75, 3.05) is 13.2 Å². The molecule has 1 rings (SSSR count). The first-order valence-electron chi connectivity index (χ1n) is 3.16. The summed E-state index contributed by atoms with van der Waals surface area (Å²) in [6, 6.07) is 0. The van der Waals surface area contributed by atoms with Gasteiger partial charge < -0.3 is 10.6 Å². The van der Waals surface area contributed by atoms with Crippen LogP contribution in [0, 0.1) is 5.92 Å². The highest BCUT2D eigenvalue weighted by molar-refractivity contribution is 5.84. The second kappa shape index (κ2) is 2.82. The topological polar surface area (TPSA) is 47.6 Å². The molecule has 0 aromatic heterocycles. The monoisotopic (exact) mass is 128 g/mol. The van der Waals surface area contributed by atoms with E-state index in [0.717, 1.165) is 25.3 Å². The normalized spacial score (nSPS) is 29.0. The molecule has 1 atom stereocenters. The van der Waals surface area contributed by atoms with Crippen molar-refractivity contribution < 1.29 is 4.74 Å². The zero-order valence-electron chi connectivity index (χ0n) is 5.63. The predicted molar refractivity (Wildman–Crippen MR) is 36.2 cm³/mol. The minimum Gasteiger partial charge on any atom is -0.381 e. The van der Waals surface area contributed by atoms with Gasteiger partial charge in [0.25, 0.3) is 0 Å². The van der Waals surface area contributed by atoms with Crippen LogP contribution in [0.2, 0.25) is 0 Å². The Morgan fingerprint density at radius 2 is 2.56 bits per heavy atom. The highest BCUT2D eigenvalue weighted by atomic mass is 16.5. The molecule has 1 fully saturated rings. The fraction of sp³-hybridized carbons (Fsp3) is 0.833. The minimum absolute atomic E-state index is 0.481. The fourth-order valence-electron chi connectivity index (χ4n) is 0.969. The van der Waals surface area contributed by atoms with E-state index in [2.05, 4.69) is 5.10 Å². The molecule has 1 saturated heterocycles. The maximum absolute atomic E-state index is 5.14. The van der Waals surface area contributed by atoms with Gasteiger partial charge in [0.2, 0.25) is 0 Å². The lowest BCUT2D eigenvalue weighted by Gasteiger charge is -2.02. The van der Waals surface area contributed by atoms with Crippen molar-refractivity contribution in [1.29, 1.82) is 0 Å². The van der Waals surface area contributed by atoms with Gasteiger partial charge in [0.15, 0.2) is 0 Å². The molecular formula is C6H12N2O. The molecule has 1 unspecified atom stereocenters. The Bertz CT molecular complexity index is 116. The quantitative estimate of drug-likeness (QED) is 0.315. The Labute approximate surface area is 54.9 Å². The van der Waals surface area contributed by atoms with Crippen LogP contribution in [0.3, 0.4) is 0 Å². The van der Waals surface area contributed by atoms with E-state index in [1.807, 2.05) is 6.92 Å². The molecule has 1 aliphatic rings. The smallest absolute Gasteiger partial charge is 0.0548 e. The summed E-state index contributed by atoms with van der Waals surface area (Å²) < 4.78 is 5.14. The van der Waals surface area contributed by atoms with E-state index in [1.54, 1.807) is 0 Å². The summed E-state index contributed by atoms with van der Waals surface area (Å²) in [6.45, 7) is 3.60. The molecule has 0 aromatic carbocycles. The third-order valence-electron chi connectivity index (χ3n) is 1.72. The fourth-order valence-corrected chi connectivity index (χ4v) is 0.969. The summed E-state index contributed by atoms with van der Waals surface area (Å²) in [5, 5.41) is 3.61. The molecule has 3 nitrogen and oxygen atoms in total. The predicted octanol–water partition coefficient (Wildman–Crippen LogP) is 0.357. The maximum atomic E-state index is 5.14. The number of hydrogen-bond acceptors (Lipinski definition) is 3. The number of hydrazone groups is 1. The molecule has 2 N–H and O–H groups in total. The van der Waals surface area contributed by atoms with Gasteiger partial charge in [-0.1, -0.05) is 0 Å². The lowest BCUT2D eigenvalue weighted by atomic mass is 10.0. The molecule has 0 bridgehead atoms. The van der Waals surface area contributed by atoms with Crippen molar-refractivity contribution in [2.24, 2.45) is 16.9 Å². The van der Waals surface area contributed by atoms with E-state index in [-0.39, 0.29) is 0 Å². The SMILES string of the molecule is C/C(=N\N)C1CCOC1.